The predicted octanol–water partition coefficient (Wildman–Crippen LogP) is 4.13. The Kier molecular flexibility index (Phi) is 6.37. The Labute approximate surface area is 141 Å². The van der Waals surface area contributed by atoms with Gasteiger partial charge in [0.25, 0.3) is 0 Å². The van der Waals surface area contributed by atoms with E-state index in [-0.39, 0.29) is 17.9 Å². The van der Waals surface area contributed by atoms with Gasteiger partial charge in [0.2, 0.25) is 0 Å². The maximum atomic E-state index is 11.9. The Morgan fingerprint density at radius 3 is 2.46 bits per heavy atom. The number of aromatic carboxylic acids is 1. The van der Waals surface area contributed by atoms with Gasteiger partial charge in [0.05, 0.1) is 17.9 Å². The van der Waals surface area contributed by atoms with Crippen LogP contribution in [0.2, 0.25) is 0 Å². The normalized spacial score (nSPS) is 10.2. The minimum Gasteiger partial charge on any atom is -0.478 e. The maximum absolute atomic E-state index is 11.9. The first-order valence-electron chi connectivity index (χ1n) is 7.94. The number of benzene rings is 2. The summed E-state index contributed by atoms with van der Waals surface area (Å²) in [5.41, 5.74) is 2.16. The molecule has 0 radical (unpaired) electrons. The number of anilines is 1. The van der Waals surface area contributed by atoms with E-state index in [1.165, 1.54) is 0 Å². The van der Waals surface area contributed by atoms with Gasteiger partial charge < -0.3 is 9.84 Å². The molecule has 0 saturated heterocycles. The van der Waals surface area contributed by atoms with E-state index in [1.807, 2.05) is 37.3 Å². The average molecular weight is 327 g/mol. The SMILES string of the molecule is CCCc1cccc(NC(=O)OCCc2ccccc2)c1C(=O)O. The molecule has 0 aromatic heterocycles. The first-order chi connectivity index (χ1) is 11.6. The Balaban J connectivity index is 1.98. The van der Waals surface area contributed by atoms with Gasteiger partial charge in [-0.3, -0.25) is 5.32 Å². The molecule has 2 aromatic rings. The number of ether oxygens (including phenoxy) is 1. The molecule has 0 saturated carbocycles. The highest BCUT2D eigenvalue weighted by atomic mass is 16.5. The third-order valence-corrected chi connectivity index (χ3v) is 3.59. The van der Waals surface area contributed by atoms with Crippen LogP contribution in [0.5, 0.6) is 0 Å². The van der Waals surface area contributed by atoms with Crippen molar-refractivity contribution in [1.29, 1.82) is 0 Å². The lowest BCUT2D eigenvalue weighted by molar-refractivity contribution is 0.0697. The number of hydrogen-bond acceptors (Lipinski definition) is 3. The summed E-state index contributed by atoms with van der Waals surface area (Å²) in [6.07, 6.45) is 1.42. The molecule has 2 N–H and O–H groups in total. The quantitative estimate of drug-likeness (QED) is 0.802. The van der Waals surface area contributed by atoms with Crippen molar-refractivity contribution >= 4 is 17.7 Å². The van der Waals surface area contributed by atoms with Gasteiger partial charge >= 0.3 is 12.1 Å². The second-order valence-corrected chi connectivity index (χ2v) is 5.39. The number of carboxylic acids is 1. The third-order valence-electron chi connectivity index (χ3n) is 3.59. The number of carbonyl (C=O) groups excluding carboxylic acids is 1. The molecule has 0 heterocycles. The molecule has 5 heteroatoms. The summed E-state index contributed by atoms with van der Waals surface area (Å²) in [6.45, 7) is 2.20. The molecular formula is C19H21NO4. The van der Waals surface area contributed by atoms with Crippen LogP contribution in [-0.4, -0.2) is 23.8 Å². The third kappa shape index (κ3) is 4.84. The topological polar surface area (TPSA) is 75.6 Å². The molecule has 2 rings (SSSR count). The largest absolute Gasteiger partial charge is 0.478 e. The van der Waals surface area contributed by atoms with Crippen molar-refractivity contribution in [2.75, 3.05) is 11.9 Å². The number of carbonyl (C=O) groups is 2. The maximum Gasteiger partial charge on any atom is 0.411 e. The van der Waals surface area contributed by atoms with E-state index in [1.54, 1.807) is 18.2 Å². The van der Waals surface area contributed by atoms with E-state index >= 15 is 0 Å². The van der Waals surface area contributed by atoms with Gasteiger partial charge in [-0.1, -0.05) is 55.8 Å². The number of aryl methyl sites for hydroxylation is 1. The van der Waals surface area contributed by atoms with E-state index in [0.29, 0.717) is 18.4 Å². The monoisotopic (exact) mass is 327 g/mol. The highest BCUT2D eigenvalue weighted by molar-refractivity contribution is 6.00. The standard InChI is InChI=1S/C19H21NO4/c1-2-7-15-10-6-11-16(17(15)18(21)22)20-19(23)24-13-12-14-8-4-3-5-9-14/h3-6,8-11H,2,7,12-13H2,1H3,(H,20,23)(H,21,22). The lowest BCUT2D eigenvalue weighted by Crippen LogP contribution is -2.18. The Bertz CT molecular complexity index is 698. The molecule has 0 unspecified atom stereocenters. The fraction of sp³-hybridized carbons (Fsp3) is 0.263. The van der Waals surface area contributed by atoms with E-state index in [0.717, 1.165) is 12.0 Å². The molecule has 0 aliphatic carbocycles. The van der Waals surface area contributed by atoms with Crippen molar-refractivity contribution in [2.45, 2.75) is 26.2 Å². The van der Waals surface area contributed by atoms with E-state index in [2.05, 4.69) is 5.32 Å². The van der Waals surface area contributed by atoms with Crippen LogP contribution < -0.4 is 5.32 Å². The first-order valence-corrected chi connectivity index (χ1v) is 7.94. The van der Waals surface area contributed by atoms with E-state index in [4.69, 9.17) is 4.74 Å². The van der Waals surface area contributed by atoms with Crippen LogP contribution in [0.3, 0.4) is 0 Å². The van der Waals surface area contributed by atoms with Gasteiger partial charge in [-0.05, 0) is 23.6 Å². The minimum absolute atomic E-state index is 0.124. The fourth-order valence-corrected chi connectivity index (χ4v) is 2.49. The summed E-state index contributed by atoms with van der Waals surface area (Å²) in [4.78, 5) is 23.4. The van der Waals surface area contributed by atoms with Crippen molar-refractivity contribution in [1.82, 2.24) is 0 Å². The molecule has 0 bridgehead atoms. The van der Waals surface area contributed by atoms with Crippen LogP contribution in [0.1, 0.15) is 34.8 Å². The first kappa shape index (κ1) is 17.5. The van der Waals surface area contributed by atoms with Crippen LogP contribution in [0, 0.1) is 0 Å². The predicted molar refractivity (Wildman–Crippen MR) is 92.5 cm³/mol. The molecule has 24 heavy (non-hydrogen) atoms. The zero-order valence-electron chi connectivity index (χ0n) is 13.6. The van der Waals surface area contributed by atoms with Gasteiger partial charge in [-0.25, -0.2) is 9.59 Å². The molecular weight excluding hydrogens is 306 g/mol. The zero-order chi connectivity index (χ0) is 17.4. The van der Waals surface area contributed by atoms with E-state index < -0.39 is 12.1 Å². The van der Waals surface area contributed by atoms with Crippen LogP contribution in [-0.2, 0) is 17.6 Å². The molecule has 5 nitrogen and oxygen atoms in total. The number of rotatable bonds is 7. The molecule has 0 spiro atoms. The molecule has 126 valence electrons. The summed E-state index contributed by atoms with van der Waals surface area (Å²) in [5, 5.41) is 12.0. The Hall–Kier alpha value is -2.82. The van der Waals surface area contributed by atoms with Crippen molar-refractivity contribution < 1.29 is 19.4 Å². The highest BCUT2D eigenvalue weighted by Crippen LogP contribution is 2.21. The minimum atomic E-state index is -1.06. The average Bonchev–Trinajstić information content (AvgIpc) is 2.56. The Morgan fingerprint density at radius 1 is 1.04 bits per heavy atom. The molecule has 0 aliphatic rings. The summed E-state index contributed by atoms with van der Waals surface area (Å²) < 4.78 is 5.14. The molecule has 0 atom stereocenters. The summed E-state index contributed by atoms with van der Waals surface area (Å²) in [7, 11) is 0. The van der Waals surface area contributed by atoms with Gasteiger partial charge in [-0.15, -0.1) is 0 Å². The van der Waals surface area contributed by atoms with Crippen molar-refractivity contribution in [3.8, 4) is 0 Å². The number of carboxylic acid groups (broad SMARTS) is 1. The lowest BCUT2D eigenvalue weighted by atomic mass is 10.0. The van der Waals surface area contributed by atoms with Gasteiger partial charge in [0, 0.05) is 6.42 Å². The molecule has 0 aliphatic heterocycles. The van der Waals surface area contributed by atoms with Gasteiger partial charge in [0.1, 0.15) is 0 Å². The lowest BCUT2D eigenvalue weighted by Gasteiger charge is -2.12. The smallest absolute Gasteiger partial charge is 0.411 e. The molecule has 2 aromatic carbocycles. The fourth-order valence-electron chi connectivity index (χ4n) is 2.49. The zero-order valence-corrected chi connectivity index (χ0v) is 13.6. The summed E-state index contributed by atoms with van der Waals surface area (Å²) in [5.74, 6) is -1.06. The number of hydrogen-bond donors (Lipinski definition) is 2. The van der Waals surface area contributed by atoms with E-state index in [9.17, 15) is 14.7 Å². The van der Waals surface area contributed by atoms with Gasteiger partial charge in [0.15, 0.2) is 0 Å². The number of nitrogens with one attached hydrogen (secondary N) is 1. The van der Waals surface area contributed by atoms with Crippen LogP contribution in [0.15, 0.2) is 48.5 Å². The second kappa shape index (κ2) is 8.72. The molecule has 0 fully saturated rings. The second-order valence-electron chi connectivity index (χ2n) is 5.39. The van der Waals surface area contributed by atoms with Crippen LogP contribution in [0.25, 0.3) is 0 Å². The number of amides is 1. The van der Waals surface area contributed by atoms with Gasteiger partial charge in [-0.2, -0.15) is 0 Å². The summed E-state index contributed by atoms with van der Waals surface area (Å²) in [6, 6.07) is 14.8. The van der Waals surface area contributed by atoms with Crippen LogP contribution >= 0.6 is 0 Å². The van der Waals surface area contributed by atoms with Crippen molar-refractivity contribution in [3.05, 3.63) is 65.2 Å². The summed E-state index contributed by atoms with van der Waals surface area (Å²) >= 11 is 0. The Morgan fingerprint density at radius 2 is 1.79 bits per heavy atom. The highest BCUT2D eigenvalue weighted by Gasteiger charge is 2.17. The van der Waals surface area contributed by atoms with Crippen LogP contribution in [0.4, 0.5) is 10.5 Å². The van der Waals surface area contributed by atoms with Crippen molar-refractivity contribution in [3.63, 3.8) is 0 Å². The molecule has 1 amide bonds. The van der Waals surface area contributed by atoms with Crippen molar-refractivity contribution in [2.24, 2.45) is 0 Å².